The number of carbonyl (C=O) groups is 1. The summed E-state index contributed by atoms with van der Waals surface area (Å²) >= 11 is 6.61. The van der Waals surface area contributed by atoms with E-state index in [0.29, 0.717) is 76.1 Å². The molecule has 1 fully saturated rings. The number of hydrogen-bond donors (Lipinski definition) is 3. The number of aromatic nitrogens is 3. The zero-order valence-corrected chi connectivity index (χ0v) is 26.0. The summed E-state index contributed by atoms with van der Waals surface area (Å²) in [5.41, 5.74) is 4.26. The summed E-state index contributed by atoms with van der Waals surface area (Å²) in [6.45, 7) is 9.30. The first-order chi connectivity index (χ1) is 21.3. The Hall–Kier alpha value is -4.21. The normalized spacial score (nSPS) is 14.4. The molecule has 1 aliphatic heterocycles. The molecule has 2 aromatic carbocycles. The van der Waals surface area contributed by atoms with Crippen molar-refractivity contribution in [2.24, 2.45) is 7.05 Å². The lowest BCUT2D eigenvalue weighted by molar-refractivity contribution is -0.111. The molecular weight excluding hydrogens is 580 g/mol. The van der Waals surface area contributed by atoms with E-state index in [4.69, 9.17) is 26.4 Å². The van der Waals surface area contributed by atoms with Gasteiger partial charge in [-0.2, -0.15) is 10.4 Å². The minimum atomic E-state index is -0.286. The van der Waals surface area contributed by atoms with Crippen molar-refractivity contribution in [1.82, 2.24) is 24.6 Å². The predicted molar refractivity (Wildman–Crippen MR) is 174 cm³/mol. The number of amides is 1. The van der Waals surface area contributed by atoms with Crippen LogP contribution in [0.1, 0.15) is 25.1 Å². The Morgan fingerprint density at radius 3 is 2.66 bits per heavy atom. The average molecular weight is 617 g/mol. The summed E-state index contributed by atoms with van der Waals surface area (Å²) in [4.78, 5) is 22.3. The van der Waals surface area contributed by atoms with Crippen LogP contribution in [-0.2, 0) is 18.3 Å². The molecule has 3 heterocycles. The van der Waals surface area contributed by atoms with Crippen molar-refractivity contribution in [3.63, 3.8) is 0 Å². The van der Waals surface area contributed by atoms with Crippen molar-refractivity contribution >= 4 is 56.4 Å². The molecule has 230 valence electrons. The number of aryl methyl sites for hydroxylation is 2. The Labute approximate surface area is 261 Å². The maximum Gasteiger partial charge on any atom is 0.248 e. The Kier molecular flexibility index (Phi) is 9.97. The quantitative estimate of drug-likeness (QED) is 0.209. The van der Waals surface area contributed by atoms with Gasteiger partial charge in [0, 0.05) is 74.9 Å². The Morgan fingerprint density at radius 2 is 1.95 bits per heavy atom. The third-order valence-electron chi connectivity index (χ3n) is 7.74. The topological polar surface area (TPSA) is 132 Å². The summed E-state index contributed by atoms with van der Waals surface area (Å²) in [5, 5.41) is 32.1. The van der Waals surface area contributed by atoms with Crippen LogP contribution < -0.4 is 15.4 Å². The summed E-state index contributed by atoms with van der Waals surface area (Å²) < 4.78 is 7.63. The molecule has 0 spiro atoms. The Morgan fingerprint density at radius 1 is 1.18 bits per heavy atom. The second-order valence-electron chi connectivity index (χ2n) is 10.6. The van der Waals surface area contributed by atoms with Crippen LogP contribution in [0.25, 0.3) is 21.8 Å². The van der Waals surface area contributed by atoms with Gasteiger partial charge < -0.3 is 20.5 Å². The summed E-state index contributed by atoms with van der Waals surface area (Å²) in [5.74, 6) is 0.206. The number of rotatable bonds is 11. The first-order valence-corrected chi connectivity index (χ1v) is 15.2. The van der Waals surface area contributed by atoms with Crippen molar-refractivity contribution in [3.8, 4) is 11.8 Å². The minimum absolute atomic E-state index is 0.166. The lowest BCUT2D eigenvalue weighted by Crippen LogP contribution is -2.47. The zero-order valence-electron chi connectivity index (χ0n) is 25.2. The maximum atomic E-state index is 13.0. The van der Waals surface area contributed by atoms with Gasteiger partial charge in [-0.25, -0.2) is 0 Å². The number of halogens is 1. The van der Waals surface area contributed by atoms with Gasteiger partial charge in [0.2, 0.25) is 5.91 Å². The van der Waals surface area contributed by atoms with Gasteiger partial charge in [0.1, 0.15) is 11.8 Å². The van der Waals surface area contributed by atoms with E-state index in [0.717, 1.165) is 37.1 Å². The number of nitrogens with one attached hydrogen (secondary N) is 2. The molecule has 0 aliphatic carbocycles. The van der Waals surface area contributed by atoms with E-state index in [9.17, 15) is 10.1 Å². The second kappa shape index (κ2) is 14.1. The highest BCUT2D eigenvalue weighted by molar-refractivity contribution is 6.35. The smallest absolute Gasteiger partial charge is 0.248 e. The van der Waals surface area contributed by atoms with E-state index >= 15 is 0 Å². The molecule has 5 rings (SSSR count). The fourth-order valence-electron chi connectivity index (χ4n) is 5.52. The van der Waals surface area contributed by atoms with E-state index in [1.165, 1.54) is 6.08 Å². The standard InChI is InChI=1S/C32H37ClN8O3/c1-4-26-24(19-34)31(36-22-15-21-20-35-39(3)32(21)25(33)16-22)23-17-28(29(44-5-2)18-27(23)37-26)38-30(43)7-6-8-40-9-11-41(12-10-40)13-14-42/h6-7,15-18,20,42H,4-5,8-14H2,1-3H3,(H,36,37)(H,38,43)/b7-6+. The van der Waals surface area contributed by atoms with E-state index < -0.39 is 0 Å². The van der Waals surface area contributed by atoms with Crippen molar-refractivity contribution in [2.45, 2.75) is 20.3 Å². The van der Waals surface area contributed by atoms with Crippen LogP contribution in [0, 0.1) is 11.3 Å². The molecule has 1 saturated heterocycles. The number of nitriles is 1. The first-order valence-electron chi connectivity index (χ1n) is 14.8. The first kappa shape index (κ1) is 31.2. The lowest BCUT2D eigenvalue weighted by atomic mass is 10.0. The van der Waals surface area contributed by atoms with Gasteiger partial charge in [0.15, 0.2) is 0 Å². The average Bonchev–Trinajstić information content (AvgIpc) is 3.39. The third-order valence-corrected chi connectivity index (χ3v) is 8.02. The number of pyridine rings is 1. The molecule has 0 unspecified atom stereocenters. The third kappa shape index (κ3) is 6.79. The minimum Gasteiger partial charge on any atom is -0.492 e. The molecule has 0 radical (unpaired) electrons. The van der Waals surface area contributed by atoms with Crippen LogP contribution in [0.4, 0.5) is 17.1 Å². The SMILES string of the molecule is CCOc1cc2nc(CC)c(C#N)c(Nc3cc(Cl)c4c(cnn4C)c3)c2cc1NC(=O)/C=C/CN1CCN(CCO)CC1. The van der Waals surface area contributed by atoms with Crippen LogP contribution >= 0.6 is 11.6 Å². The van der Waals surface area contributed by atoms with E-state index in [-0.39, 0.29) is 12.5 Å². The summed E-state index contributed by atoms with van der Waals surface area (Å²) in [7, 11) is 1.83. The molecule has 2 aromatic heterocycles. The van der Waals surface area contributed by atoms with Gasteiger partial charge in [-0.1, -0.05) is 24.6 Å². The molecule has 4 aromatic rings. The van der Waals surface area contributed by atoms with E-state index in [1.807, 2.05) is 33.0 Å². The molecule has 1 amide bonds. The van der Waals surface area contributed by atoms with Crippen LogP contribution in [0.2, 0.25) is 5.02 Å². The van der Waals surface area contributed by atoms with Gasteiger partial charge in [-0.15, -0.1) is 0 Å². The summed E-state index contributed by atoms with van der Waals surface area (Å²) in [6.07, 6.45) is 5.68. The fourth-order valence-corrected chi connectivity index (χ4v) is 5.87. The highest BCUT2D eigenvalue weighted by Gasteiger charge is 2.20. The van der Waals surface area contributed by atoms with E-state index in [1.54, 1.807) is 29.1 Å². The number of aliphatic hydroxyl groups excluding tert-OH is 1. The van der Waals surface area contributed by atoms with Gasteiger partial charge in [-0.05, 0) is 31.5 Å². The molecule has 0 atom stereocenters. The molecule has 0 saturated carbocycles. The maximum absolute atomic E-state index is 13.0. The number of ether oxygens (including phenoxy) is 1. The Bertz CT molecular complexity index is 1740. The summed E-state index contributed by atoms with van der Waals surface area (Å²) in [6, 6.07) is 9.66. The number of β-amino-alcohol motifs (C(OH)–C–C–N with tert-alkyl or cyclic N) is 1. The van der Waals surface area contributed by atoms with Crippen molar-refractivity contribution < 1.29 is 14.6 Å². The van der Waals surface area contributed by atoms with Gasteiger partial charge in [0.25, 0.3) is 0 Å². The van der Waals surface area contributed by atoms with Crippen LogP contribution in [0.15, 0.2) is 42.6 Å². The molecule has 0 bridgehead atoms. The monoisotopic (exact) mass is 616 g/mol. The zero-order chi connectivity index (χ0) is 31.2. The number of benzene rings is 2. The van der Waals surface area contributed by atoms with Crippen LogP contribution in [0.5, 0.6) is 5.75 Å². The molecule has 44 heavy (non-hydrogen) atoms. The number of piperazine rings is 1. The van der Waals surface area contributed by atoms with Crippen LogP contribution in [0.3, 0.4) is 0 Å². The molecular formula is C32H37ClN8O3. The highest BCUT2D eigenvalue weighted by atomic mass is 35.5. The number of carbonyl (C=O) groups excluding carboxylic acids is 1. The van der Waals surface area contributed by atoms with Gasteiger partial charge in [-0.3, -0.25) is 24.3 Å². The van der Waals surface area contributed by atoms with Crippen LogP contribution in [-0.4, -0.2) is 88.1 Å². The van der Waals surface area contributed by atoms with Gasteiger partial charge in [0.05, 0.1) is 58.1 Å². The number of nitrogens with zero attached hydrogens (tertiary/aromatic N) is 6. The largest absolute Gasteiger partial charge is 0.492 e. The second-order valence-corrected chi connectivity index (χ2v) is 11.0. The van der Waals surface area contributed by atoms with E-state index in [2.05, 4.69) is 31.6 Å². The molecule has 1 aliphatic rings. The lowest BCUT2D eigenvalue weighted by Gasteiger charge is -2.33. The Balaban J connectivity index is 1.45. The van der Waals surface area contributed by atoms with Crippen molar-refractivity contribution in [2.75, 3.05) is 63.1 Å². The van der Waals surface area contributed by atoms with Crippen molar-refractivity contribution in [1.29, 1.82) is 5.26 Å². The molecule has 3 N–H and O–H groups in total. The molecule has 11 nitrogen and oxygen atoms in total. The van der Waals surface area contributed by atoms with Crippen molar-refractivity contribution in [3.05, 3.63) is 58.9 Å². The predicted octanol–water partition coefficient (Wildman–Crippen LogP) is 4.46. The number of hydrogen-bond acceptors (Lipinski definition) is 9. The fraction of sp³-hybridized carbons (Fsp3) is 0.375. The highest BCUT2D eigenvalue weighted by Crippen LogP contribution is 2.38. The number of fused-ring (bicyclic) bond motifs is 2. The van der Waals surface area contributed by atoms with Gasteiger partial charge >= 0.3 is 0 Å². The number of anilines is 3. The number of aliphatic hydroxyl groups is 1. The molecule has 12 heteroatoms.